The van der Waals surface area contributed by atoms with Crippen LogP contribution in [0.15, 0.2) is 84.0 Å². The zero-order chi connectivity index (χ0) is 28.2. The van der Waals surface area contributed by atoms with Crippen molar-refractivity contribution in [1.82, 2.24) is 14.9 Å². The summed E-state index contributed by atoms with van der Waals surface area (Å²) in [5.41, 5.74) is 5.19. The van der Waals surface area contributed by atoms with Crippen LogP contribution in [0.5, 0.6) is 11.5 Å². The lowest BCUT2D eigenvalue weighted by Gasteiger charge is -2.13. The van der Waals surface area contributed by atoms with Gasteiger partial charge < -0.3 is 24.1 Å². The van der Waals surface area contributed by atoms with Gasteiger partial charge in [-0.3, -0.25) is 4.79 Å². The van der Waals surface area contributed by atoms with Gasteiger partial charge >= 0.3 is 0 Å². The summed E-state index contributed by atoms with van der Waals surface area (Å²) in [5, 5.41) is 3.93. The number of benzene rings is 3. The van der Waals surface area contributed by atoms with Gasteiger partial charge in [-0.05, 0) is 66.9 Å². The topological polar surface area (TPSA) is 74.6 Å². The number of carbonyl (C=O) groups excluding carboxylic acids is 1. The lowest BCUT2D eigenvalue weighted by Crippen LogP contribution is -2.28. The SMILES string of the molecule is CCCn1c(SCCCNC(=O)COCc2ccccc2)nc(-c2ccc(OC)cc2)c1-c1ccc(OC)cc1. The first kappa shape index (κ1) is 29.2. The number of amides is 1. The summed E-state index contributed by atoms with van der Waals surface area (Å²) >= 11 is 1.71. The molecule has 0 aliphatic rings. The number of thioether (sulfide) groups is 1. The molecule has 0 unspecified atom stereocenters. The van der Waals surface area contributed by atoms with Gasteiger partial charge in [-0.25, -0.2) is 4.98 Å². The van der Waals surface area contributed by atoms with Crippen LogP contribution in [-0.2, 0) is 22.7 Å². The molecule has 210 valence electrons. The number of hydrogen-bond acceptors (Lipinski definition) is 6. The molecule has 0 saturated carbocycles. The molecule has 1 heterocycles. The third-order valence-electron chi connectivity index (χ3n) is 6.33. The minimum atomic E-state index is -0.100. The fourth-order valence-corrected chi connectivity index (χ4v) is 5.28. The van der Waals surface area contributed by atoms with E-state index in [0.29, 0.717) is 13.2 Å². The maximum Gasteiger partial charge on any atom is 0.246 e. The second-order valence-electron chi connectivity index (χ2n) is 9.23. The first-order valence-electron chi connectivity index (χ1n) is 13.5. The number of carbonyl (C=O) groups is 1. The highest BCUT2D eigenvalue weighted by molar-refractivity contribution is 7.99. The van der Waals surface area contributed by atoms with Gasteiger partial charge in [0.05, 0.1) is 32.2 Å². The molecular formula is C32H37N3O4S. The molecule has 3 aromatic carbocycles. The molecule has 7 nitrogen and oxygen atoms in total. The molecule has 1 aromatic heterocycles. The first-order valence-corrected chi connectivity index (χ1v) is 14.5. The Labute approximate surface area is 240 Å². The molecule has 0 radical (unpaired) electrons. The van der Waals surface area contributed by atoms with Crippen LogP contribution in [0.2, 0.25) is 0 Å². The Kier molecular flexibility index (Phi) is 11.1. The van der Waals surface area contributed by atoms with Crippen molar-refractivity contribution >= 4 is 17.7 Å². The zero-order valence-corrected chi connectivity index (χ0v) is 24.2. The number of nitrogens with one attached hydrogen (secondary N) is 1. The van der Waals surface area contributed by atoms with Crippen LogP contribution < -0.4 is 14.8 Å². The summed E-state index contributed by atoms with van der Waals surface area (Å²) in [6.45, 7) is 4.10. The van der Waals surface area contributed by atoms with Crippen molar-refractivity contribution in [3.63, 3.8) is 0 Å². The molecule has 0 saturated heterocycles. The molecule has 0 aliphatic carbocycles. The first-order chi connectivity index (χ1) is 19.6. The van der Waals surface area contributed by atoms with Gasteiger partial charge in [-0.1, -0.05) is 49.0 Å². The van der Waals surface area contributed by atoms with E-state index in [2.05, 4.69) is 28.9 Å². The van der Waals surface area contributed by atoms with Crippen molar-refractivity contribution in [2.45, 2.75) is 38.1 Å². The standard InChI is InChI=1S/C32H37N3O4S/c1-4-20-35-31(26-13-17-28(38-3)18-14-26)30(25-11-15-27(37-2)16-12-25)34-32(35)40-21-8-19-33-29(36)23-39-22-24-9-6-5-7-10-24/h5-7,9-18H,4,8,19-23H2,1-3H3,(H,33,36). The normalized spacial score (nSPS) is 10.9. The molecule has 40 heavy (non-hydrogen) atoms. The molecule has 0 aliphatic heterocycles. The van der Waals surface area contributed by atoms with Crippen molar-refractivity contribution < 1.29 is 19.0 Å². The fraction of sp³-hybridized carbons (Fsp3) is 0.312. The van der Waals surface area contributed by atoms with E-state index < -0.39 is 0 Å². The highest BCUT2D eigenvalue weighted by Gasteiger charge is 2.20. The number of nitrogens with zero attached hydrogens (tertiary/aromatic N) is 2. The van der Waals surface area contributed by atoms with E-state index >= 15 is 0 Å². The van der Waals surface area contributed by atoms with Gasteiger partial charge in [0, 0.05) is 30.0 Å². The lowest BCUT2D eigenvalue weighted by molar-refractivity contribution is -0.126. The quantitative estimate of drug-likeness (QED) is 0.133. The van der Waals surface area contributed by atoms with Crippen LogP contribution in [0.3, 0.4) is 0 Å². The number of hydrogen-bond donors (Lipinski definition) is 1. The molecule has 8 heteroatoms. The summed E-state index contributed by atoms with van der Waals surface area (Å²) in [6.07, 6.45) is 1.80. The number of methoxy groups -OCH3 is 2. The number of imidazole rings is 1. The predicted octanol–water partition coefficient (Wildman–Crippen LogP) is 6.46. The van der Waals surface area contributed by atoms with E-state index in [1.807, 2.05) is 66.7 Å². The Morgan fingerprint density at radius 1 is 0.900 bits per heavy atom. The maximum atomic E-state index is 12.2. The van der Waals surface area contributed by atoms with Crippen LogP contribution in [0, 0.1) is 0 Å². The fourth-order valence-electron chi connectivity index (χ4n) is 4.32. The van der Waals surface area contributed by atoms with Crippen molar-refractivity contribution in [3.8, 4) is 34.0 Å². The molecular weight excluding hydrogens is 522 g/mol. The van der Waals surface area contributed by atoms with Crippen molar-refractivity contribution in [2.24, 2.45) is 0 Å². The van der Waals surface area contributed by atoms with E-state index in [4.69, 9.17) is 19.2 Å². The van der Waals surface area contributed by atoms with Gasteiger partial charge in [0.15, 0.2) is 5.16 Å². The number of aromatic nitrogens is 2. The molecule has 4 aromatic rings. The summed E-state index contributed by atoms with van der Waals surface area (Å²) < 4.78 is 18.6. The van der Waals surface area contributed by atoms with Crippen LogP contribution in [-0.4, -0.2) is 48.6 Å². The Balaban J connectivity index is 1.42. The zero-order valence-electron chi connectivity index (χ0n) is 23.4. The summed E-state index contributed by atoms with van der Waals surface area (Å²) in [7, 11) is 3.34. The third-order valence-corrected chi connectivity index (χ3v) is 7.39. The molecule has 1 amide bonds. The third kappa shape index (κ3) is 7.90. The van der Waals surface area contributed by atoms with Crippen molar-refractivity contribution in [1.29, 1.82) is 0 Å². The Hall–Kier alpha value is -3.75. The average Bonchev–Trinajstić information content (AvgIpc) is 3.35. The van der Waals surface area contributed by atoms with Crippen LogP contribution >= 0.6 is 11.8 Å². The smallest absolute Gasteiger partial charge is 0.246 e. The van der Waals surface area contributed by atoms with Crippen LogP contribution in [0.4, 0.5) is 0 Å². The van der Waals surface area contributed by atoms with E-state index in [-0.39, 0.29) is 12.5 Å². The number of ether oxygens (including phenoxy) is 3. The second-order valence-corrected chi connectivity index (χ2v) is 10.3. The Bertz CT molecular complexity index is 1340. The Morgan fingerprint density at radius 2 is 1.55 bits per heavy atom. The lowest BCUT2D eigenvalue weighted by atomic mass is 10.0. The van der Waals surface area contributed by atoms with E-state index in [0.717, 1.165) is 69.9 Å². The maximum absolute atomic E-state index is 12.2. The summed E-state index contributed by atoms with van der Waals surface area (Å²) in [5.74, 6) is 2.36. The Morgan fingerprint density at radius 3 is 2.17 bits per heavy atom. The highest BCUT2D eigenvalue weighted by atomic mass is 32.2. The van der Waals surface area contributed by atoms with Gasteiger partial charge in [0.25, 0.3) is 0 Å². The second kappa shape index (κ2) is 15.1. The predicted molar refractivity (Wildman–Crippen MR) is 161 cm³/mol. The largest absolute Gasteiger partial charge is 0.497 e. The summed E-state index contributed by atoms with van der Waals surface area (Å²) in [4.78, 5) is 17.3. The molecule has 0 fully saturated rings. The van der Waals surface area contributed by atoms with E-state index in [1.165, 1.54) is 0 Å². The van der Waals surface area contributed by atoms with Gasteiger partial charge in [-0.15, -0.1) is 0 Å². The van der Waals surface area contributed by atoms with E-state index in [1.54, 1.807) is 26.0 Å². The van der Waals surface area contributed by atoms with Crippen LogP contribution in [0.25, 0.3) is 22.5 Å². The van der Waals surface area contributed by atoms with Gasteiger partial charge in [-0.2, -0.15) is 0 Å². The minimum Gasteiger partial charge on any atom is -0.497 e. The summed E-state index contributed by atoms with van der Waals surface area (Å²) in [6, 6.07) is 26.0. The van der Waals surface area contributed by atoms with Gasteiger partial charge in [0.1, 0.15) is 18.1 Å². The van der Waals surface area contributed by atoms with Gasteiger partial charge in [0.2, 0.25) is 5.91 Å². The monoisotopic (exact) mass is 559 g/mol. The minimum absolute atomic E-state index is 0.0549. The van der Waals surface area contributed by atoms with E-state index in [9.17, 15) is 4.79 Å². The van der Waals surface area contributed by atoms with Crippen molar-refractivity contribution in [3.05, 3.63) is 84.4 Å². The average molecular weight is 560 g/mol. The highest BCUT2D eigenvalue weighted by Crippen LogP contribution is 2.37. The number of rotatable bonds is 15. The molecule has 0 atom stereocenters. The molecule has 1 N–H and O–H groups in total. The molecule has 0 spiro atoms. The van der Waals surface area contributed by atoms with Crippen LogP contribution in [0.1, 0.15) is 25.3 Å². The van der Waals surface area contributed by atoms with Crippen molar-refractivity contribution in [2.75, 3.05) is 33.1 Å². The molecule has 4 rings (SSSR count). The molecule has 0 bridgehead atoms.